The zero-order valence-electron chi connectivity index (χ0n) is 19.1. The number of carbonyl (C=O) groups excluding carboxylic acids is 1. The summed E-state index contributed by atoms with van der Waals surface area (Å²) in [6, 6.07) is 9.85. The first kappa shape index (κ1) is 24.0. The maximum Gasteiger partial charge on any atom is 0.249 e. The molecule has 2 heterocycles. The van der Waals surface area contributed by atoms with Gasteiger partial charge in [-0.1, -0.05) is 24.6 Å². The molecule has 0 bridgehead atoms. The number of nitrogens with zero attached hydrogens (tertiary/aromatic N) is 5. The molecule has 0 aliphatic carbocycles. The fourth-order valence-corrected chi connectivity index (χ4v) is 5.61. The van der Waals surface area contributed by atoms with Crippen molar-refractivity contribution in [1.82, 2.24) is 24.5 Å². The maximum atomic E-state index is 13.7. The Hall–Kier alpha value is -3.18. The van der Waals surface area contributed by atoms with Crippen LogP contribution in [0.1, 0.15) is 42.3 Å². The number of anilines is 1. The molecule has 11 heteroatoms. The molecule has 180 valence electrons. The van der Waals surface area contributed by atoms with Crippen LogP contribution in [0, 0.1) is 19.7 Å². The highest BCUT2D eigenvalue weighted by atomic mass is 32.2. The first-order chi connectivity index (χ1) is 16.3. The highest BCUT2D eigenvalue weighted by Gasteiger charge is 2.28. The van der Waals surface area contributed by atoms with Crippen LogP contribution in [0.15, 0.2) is 47.4 Å². The SMILES string of the molecule is Cc1ccc(S(=O)(=O)N2CCCCC2)cc1NC(=O)C(Cc1cccc(F)c1)n1nnnc1C. The highest BCUT2D eigenvalue weighted by molar-refractivity contribution is 7.89. The third kappa shape index (κ3) is 5.15. The van der Waals surface area contributed by atoms with Crippen LogP contribution in [0.2, 0.25) is 0 Å². The van der Waals surface area contributed by atoms with Crippen LogP contribution < -0.4 is 5.32 Å². The third-order valence-electron chi connectivity index (χ3n) is 5.99. The second-order valence-electron chi connectivity index (χ2n) is 8.45. The minimum Gasteiger partial charge on any atom is -0.324 e. The van der Waals surface area contributed by atoms with Crippen molar-refractivity contribution in [3.8, 4) is 0 Å². The zero-order valence-corrected chi connectivity index (χ0v) is 19.9. The number of hydrogen-bond donors (Lipinski definition) is 1. The molecule has 2 aromatic carbocycles. The van der Waals surface area contributed by atoms with Gasteiger partial charge in [-0.2, -0.15) is 4.31 Å². The number of tetrazole rings is 1. The van der Waals surface area contributed by atoms with Gasteiger partial charge in [0.25, 0.3) is 0 Å². The number of hydrogen-bond acceptors (Lipinski definition) is 6. The summed E-state index contributed by atoms with van der Waals surface area (Å²) in [5.74, 6) is -0.415. The lowest BCUT2D eigenvalue weighted by Gasteiger charge is -2.26. The fraction of sp³-hybridized carbons (Fsp3) is 0.391. The van der Waals surface area contributed by atoms with Crippen molar-refractivity contribution in [3.05, 3.63) is 65.2 Å². The zero-order chi connectivity index (χ0) is 24.3. The second-order valence-corrected chi connectivity index (χ2v) is 10.4. The molecule has 0 spiro atoms. The van der Waals surface area contributed by atoms with Gasteiger partial charge in [-0.05, 0) is 72.5 Å². The van der Waals surface area contributed by atoms with Crippen LogP contribution >= 0.6 is 0 Å². The van der Waals surface area contributed by atoms with E-state index in [9.17, 15) is 17.6 Å². The number of carbonyl (C=O) groups is 1. The molecule has 1 amide bonds. The van der Waals surface area contributed by atoms with E-state index in [1.165, 1.54) is 27.2 Å². The van der Waals surface area contributed by atoms with E-state index in [2.05, 4.69) is 20.8 Å². The molecule has 1 atom stereocenters. The summed E-state index contributed by atoms with van der Waals surface area (Å²) < 4.78 is 42.9. The van der Waals surface area contributed by atoms with Gasteiger partial charge >= 0.3 is 0 Å². The van der Waals surface area contributed by atoms with Crippen LogP contribution in [0.25, 0.3) is 0 Å². The Morgan fingerprint density at radius 3 is 2.56 bits per heavy atom. The number of rotatable bonds is 7. The summed E-state index contributed by atoms with van der Waals surface area (Å²) >= 11 is 0. The van der Waals surface area contributed by atoms with E-state index in [-0.39, 0.29) is 11.3 Å². The van der Waals surface area contributed by atoms with E-state index in [4.69, 9.17) is 0 Å². The first-order valence-corrected chi connectivity index (χ1v) is 12.6. The molecule has 1 aliphatic heterocycles. The molecule has 3 aromatic rings. The fourth-order valence-electron chi connectivity index (χ4n) is 4.07. The van der Waals surface area contributed by atoms with Crippen LogP contribution in [0.3, 0.4) is 0 Å². The number of aryl methyl sites for hydroxylation is 2. The minimum absolute atomic E-state index is 0.135. The Morgan fingerprint density at radius 1 is 1.12 bits per heavy atom. The number of benzene rings is 2. The lowest BCUT2D eigenvalue weighted by Crippen LogP contribution is -2.35. The first-order valence-electron chi connectivity index (χ1n) is 11.2. The second kappa shape index (κ2) is 9.98. The Labute approximate surface area is 198 Å². The molecule has 0 saturated carbocycles. The van der Waals surface area contributed by atoms with Gasteiger partial charge in [0.05, 0.1) is 4.90 Å². The average Bonchev–Trinajstić information content (AvgIpc) is 3.24. The summed E-state index contributed by atoms with van der Waals surface area (Å²) in [5, 5.41) is 14.3. The lowest BCUT2D eigenvalue weighted by atomic mass is 10.0. The molecule has 1 saturated heterocycles. The molecule has 1 N–H and O–H groups in total. The van der Waals surface area contributed by atoms with E-state index in [0.29, 0.717) is 35.7 Å². The van der Waals surface area contributed by atoms with Gasteiger partial charge in [0.1, 0.15) is 17.7 Å². The van der Waals surface area contributed by atoms with E-state index >= 15 is 0 Å². The van der Waals surface area contributed by atoms with Gasteiger partial charge < -0.3 is 5.32 Å². The van der Waals surface area contributed by atoms with Crippen LogP contribution in [0.4, 0.5) is 10.1 Å². The highest BCUT2D eigenvalue weighted by Crippen LogP contribution is 2.26. The summed E-state index contributed by atoms with van der Waals surface area (Å²) in [6.45, 7) is 4.44. The summed E-state index contributed by atoms with van der Waals surface area (Å²) in [5.41, 5.74) is 1.70. The third-order valence-corrected chi connectivity index (χ3v) is 7.89. The number of amides is 1. The molecule has 9 nitrogen and oxygen atoms in total. The summed E-state index contributed by atoms with van der Waals surface area (Å²) in [6.07, 6.45) is 2.84. The smallest absolute Gasteiger partial charge is 0.249 e. The molecular weight excluding hydrogens is 459 g/mol. The van der Waals surface area contributed by atoms with Crippen LogP contribution in [-0.2, 0) is 21.2 Å². The van der Waals surface area contributed by atoms with Crippen molar-refractivity contribution >= 4 is 21.6 Å². The maximum absolute atomic E-state index is 13.7. The minimum atomic E-state index is -3.66. The van der Waals surface area contributed by atoms with Crippen molar-refractivity contribution in [1.29, 1.82) is 0 Å². The van der Waals surface area contributed by atoms with Gasteiger partial charge in [-0.15, -0.1) is 5.10 Å². The molecule has 4 rings (SSSR count). The predicted molar refractivity (Wildman–Crippen MR) is 124 cm³/mol. The molecule has 1 aromatic heterocycles. The Bertz CT molecular complexity index is 1290. The van der Waals surface area contributed by atoms with Crippen molar-refractivity contribution < 1.29 is 17.6 Å². The molecule has 1 aliphatic rings. The normalized spacial score (nSPS) is 15.7. The number of halogens is 1. The lowest BCUT2D eigenvalue weighted by molar-refractivity contribution is -0.119. The Kier molecular flexibility index (Phi) is 7.03. The van der Waals surface area contributed by atoms with Gasteiger partial charge in [-0.25, -0.2) is 17.5 Å². The van der Waals surface area contributed by atoms with Gasteiger partial charge in [-0.3, -0.25) is 4.79 Å². The van der Waals surface area contributed by atoms with E-state index in [0.717, 1.165) is 19.3 Å². The average molecular weight is 487 g/mol. The van der Waals surface area contributed by atoms with Gasteiger partial charge in [0, 0.05) is 25.2 Å². The van der Waals surface area contributed by atoms with Gasteiger partial charge in [0.15, 0.2) is 0 Å². The van der Waals surface area contributed by atoms with E-state index < -0.39 is 27.8 Å². The van der Waals surface area contributed by atoms with E-state index in [1.54, 1.807) is 38.1 Å². The van der Waals surface area contributed by atoms with Crippen LogP contribution in [0.5, 0.6) is 0 Å². The summed E-state index contributed by atoms with van der Waals surface area (Å²) in [7, 11) is -3.66. The number of piperidine rings is 1. The molecule has 0 radical (unpaired) electrons. The van der Waals surface area contributed by atoms with Crippen molar-refractivity contribution in [2.45, 2.75) is 50.5 Å². The molecule has 1 unspecified atom stereocenters. The Morgan fingerprint density at radius 2 is 1.88 bits per heavy atom. The van der Waals surface area contributed by atoms with Gasteiger partial charge in [0.2, 0.25) is 15.9 Å². The molecular formula is C23H27FN6O3S. The topological polar surface area (TPSA) is 110 Å². The number of nitrogens with one attached hydrogen (secondary N) is 1. The predicted octanol–water partition coefficient (Wildman–Crippen LogP) is 3.03. The van der Waals surface area contributed by atoms with Crippen molar-refractivity contribution in [2.24, 2.45) is 0 Å². The molecule has 1 fully saturated rings. The quantitative estimate of drug-likeness (QED) is 0.550. The van der Waals surface area contributed by atoms with Crippen LogP contribution in [-0.4, -0.2) is 51.9 Å². The Balaban J connectivity index is 1.62. The number of aromatic nitrogens is 4. The monoisotopic (exact) mass is 486 g/mol. The van der Waals surface area contributed by atoms with Crippen molar-refractivity contribution in [3.63, 3.8) is 0 Å². The van der Waals surface area contributed by atoms with E-state index in [1.807, 2.05) is 0 Å². The largest absolute Gasteiger partial charge is 0.324 e. The summed E-state index contributed by atoms with van der Waals surface area (Å²) in [4.78, 5) is 13.5. The molecule has 34 heavy (non-hydrogen) atoms. The van der Waals surface area contributed by atoms with Crippen molar-refractivity contribution in [2.75, 3.05) is 18.4 Å². The number of sulfonamides is 1. The standard InChI is InChI=1S/C23H27FN6O3S/c1-16-9-10-20(34(32,33)29-11-4-3-5-12-29)15-21(16)25-23(31)22(30-17(2)26-27-28-30)14-18-7-6-8-19(24)13-18/h6-10,13,15,22H,3-5,11-12,14H2,1-2H3,(H,25,31).